The predicted octanol–water partition coefficient (Wildman–Crippen LogP) is 2.41. The van der Waals surface area contributed by atoms with Crippen molar-refractivity contribution >= 4 is 47.4 Å². The molecule has 0 radical (unpaired) electrons. The Morgan fingerprint density at radius 3 is 2.58 bits per heavy atom. The normalized spacial score (nSPS) is 14.2. The SMILES string of the molecule is C=CCNC(=NCc1nnc(C)n1C)N1CCN(C(=O)Cc2cccc(Cl)c2)CC1.I. The molecule has 1 aliphatic rings. The fourth-order valence-electron chi connectivity index (χ4n) is 3.27. The quantitative estimate of drug-likeness (QED) is 0.256. The second-order valence-electron chi connectivity index (χ2n) is 7.21. The van der Waals surface area contributed by atoms with Gasteiger partial charge in [-0.25, -0.2) is 4.99 Å². The van der Waals surface area contributed by atoms with E-state index >= 15 is 0 Å². The van der Waals surface area contributed by atoms with Crippen LogP contribution in [0.3, 0.4) is 0 Å². The molecule has 10 heteroatoms. The van der Waals surface area contributed by atoms with E-state index in [0.717, 1.165) is 23.2 Å². The Hall–Kier alpha value is -2.14. The molecule has 1 amide bonds. The number of aromatic nitrogens is 3. The predicted molar refractivity (Wildman–Crippen MR) is 134 cm³/mol. The van der Waals surface area contributed by atoms with E-state index in [9.17, 15) is 4.79 Å². The van der Waals surface area contributed by atoms with Crippen molar-refractivity contribution in [3.63, 3.8) is 0 Å². The molecule has 31 heavy (non-hydrogen) atoms. The number of guanidine groups is 1. The second kappa shape index (κ2) is 12.0. The van der Waals surface area contributed by atoms with E-state index in [2.05, 4.69) is 27.0 Å². The monoisotopic (exact) mass is 557 g/mol. The van der Waals surface area contributed by atoms with Gasteiger partial charge in [0, 0.05) is 44.8 Å². The third kappa shape index (κ3) is 6.93. The minimum absolute atomic E-state index is 0. The summed E-state index contributed by atoms with van der Waals surface area (Å²) in [5, 5.41) is 12.2. The first-order valence-electron chi connectivity index (χ1n) is 9.99. The first kappa shape index (κ1) is 25.1. The van der Waals surface area contributed by atoms with Crippen LogP contribution in [-0.2, 0) is 24.8 Å². The van der Waals surface area contributed by atoms with Crippen LogP contribution in [0.5, 0.6) is 0 Å². The minimum Gasteiger partial charge on any atom is -0.353 e. The average Bonchev–Trinajstić information content (AvgIpc) is 3.06. The Morgan fingerprint density at radius 1 is 1.26 bits per heavy atom. The molecule has 0 unspecified atom stereocenters. The Kier molecular flexibility index (Phi) is 9.76. The van der Waals surface area contributed by atoms with Gasteiger partial charge in [0.2, 0.25) is 5.91 Å². The van der Waals surface area contributed by atoms with Crippen LogP contribution in [-0.4, -0.2) is 69.2 Å². The number of halogens is 2. The van der Waals surface area contributed by atoms with Gasteiger partial charge in [-0.2, -0.15) is 0 Å². The van der Waals surface area contributed by atoms with Crippen LogP contribution in [0.25, 0.3) is 0 Å². The number of amides is 1. The first-order valence-corrected chi connectivity index (χ1v) is 10.4. The van der Waals surface area contributed by atoms with Gasteiger partial charge in [-0.05, 0) is 24.6 Å². The molecule has 168 valence electrons. The maximum absolute atomic E-state index is 12.7. The number of aryl methyl sites for hydroxylation is 1. The van der Waals surface area contributed by atoms with Crippen LogP contribution in [0.4, 0.5) is 0 Å². The summed E-state index contributed by atoms with van der Waals surface area (Å²) in [4.78, 5) is 21.4. The molecule has 2 aromatic rings. The first-order chi connectivity index (χ1) is 14.5. The van der Waals surface area contributed by atoms with Gasteiger partial charge in [0.25, 0.3) is 0 Å². The largest absolute Gasteiger partial charge is 0.353 e. The number of piperazine rings is 1. The molecule has 0 aliphatic carbocycles. The molecule has 0 spiro atoms. The Bertz CT molecular complexity index is 922. The van der Waals surface area contributed by atoms with Crippen LogP contribution >= 0.6 is 35.6 Å². The number of carbonyl (C=O) groups excluding carboxylic acids is 1. The summed E-state index contributed by atoms with van der Waals surface area (Å²) in [6.07, 6.45) is 2.16. The lowest BCUT2D eigenvalue weighted by Crippen LogP contribution is -2.54. The van der Waals surface area contributed by atoms with E-state index in [1.165, 1.54) is 0 Å². The van der Waals surface area contributed by atoms with Crippen molar-refractivity contribution in [3.8, 4) is 0 Å². The molecule has 1 saturated heterocycles. The van der Waals surface area contributed by atoms with Crippen LogP contribution in [0.15, 0.2) is 41.9 Å². The molecule has 8 nitrogen and oxygen atoms in total. The molecule has 1 aliphatic heterocycles. The van der Waals surface area contributed by atoms with Gasteiger partial charge in [0.05, 0.1) is 6.42 Å². The van der Waals surface area contributed by atoms with Crippen molar-refractivity contribution < 1.29 is 4.79 Å². The van der Waals surface area contributed by atoms with Crippen molar-refractivity contribution in [2.45, 2.75) is 19.9 Å². The van der Waals surface area contributed by atoms with Gasteiger partial charge in [-0.3, -0.25) is 4.79 Å². The highest BCUT2D eigenvalue weighted by Crippen LogP contribution is 2.13. The number of benzene rings is 1. The number of rotatable bonds is 6. The summed E-state index contributed by atoms with van der Waals surface area (Å²) in [6, 6.07) is 7.45. The van der Waals surface area contributed by atoms with Crippen LogP contribution in [0.1, 0.15) is 17.2 Å². The molecule has 1 aromatic heterocycles. The van der Waals surface area contributed by atoms with E-state index in [4.69, 9.17) is 16.6 Å². The van der Waals surface area contributed by atoms with Gasteiger partial charge in [-0.1, -0.05) is 29.8 Å². The highest BCUT2D eigenvalue weighted by Gasteiger charge is 2.23. The molecular formula is C21H29ClIN7O. The Balaban J connectivity index is 0.00000341. The third-order valence-electron chi connectivity index (χ3n) is 5.13. The second-order valence-corrected chi connectivity index (χ2v) is 7.64. The van der Waals surface area contributed by atoms with Crippen LogP contribution in [0.2, 0.25) is 5.02 Å². The zero-order chi connectivity index (χ0) is 21.5. The molecule has 0 saturated carbocycles. The van der Waals surface area contributed by atoms with Crippen molar-refractivity contribution in [1.82, 2.24) is 29.9 Å². The lowest BCUT2D eigenvalue weighted by atomic mass is 10.1. The highest BCUT2D eigenvalue weighted by molar-refractivity contribution is 14.0. The molecule has 0 bridgehead atoms. The van der Waals surface area contributed by atoms with Crippen molar-refractivity contribution in [2.75, 3.05) is 32.7 Å². The maximum Gasteiger partial charge on any atom is 0.227 e. The van der Waals surface area contributed by atoms with E-state index < -0.39 is 0 Å². The molecule has 1 N–H and O–H groups in total. The number of aliphatic imine (C=N–C) groups is 1. The molecule has 3 rings (SSSR count). The summed E-state index contributed by atoms with van der Waals surface area (Å²) in [5.74, 6) is 2.56. The summed E-state index contributed by atoms with van der Waals surface area (Å²) < 4.78 is 1.93. The number of nitrogens with one attached hydrogen (secondary N) is 1. The molecule has 2 heterocycles. The minimum atomic E-state index is 0. The number of hydrogen-bond donors (Lipinski definition) is 1. The fraction of sp³-hybridized carbons (Fsp3) is 0.429. The van der Waals surface area contributed by atoms with Crippen LogP contribution in [0, 0.1) is 6.92 Å². The Morgan fingerprint density at radius 2 is 1.97 bits per heavy atom. The van der Waals surface area contributed by atoms with Gasteiger partial charge in [0.1, 0.15) is 12.4 Å². The average molecular weight is 558 g/mol. The van der Waals surface area contributed by atoms with E-state index in [0.29, 0.717) is 50.7 Å². The van der Waals surface area contributed by atoms with E-state index in [-0.39, 0.29) is 29.9 Å². The summed E-state index contributed by atoms with van der Waals surface area (Å²) in [7, 11) is 1.93. The zero-order valence-electron chi connectivity index (χ0n) is 17.9. The third-order valence-corrected chi connectivity index (χ3v) is 5.37. The number of carbonyl (C=O) groups is 1. The number of hydrogen-bond acceptors (Lipinski definition) is 4. The molecular weight excluding hydrogens is 529 g/mol. The molecule has 0 atom stereocenters. The summed E-state index contributed by atoms with van der Waals surface area (Å²) in [6.45, 7) is 9.46. The maximum atomic E-state index is 12.7. The van der Waals surface area contributed by atoms with Crippen molar-refractivity contribution in [2.24, 2.45) is 12.0 Å². The molecule has 1 fully saturated rings. The van der Waals surface area contributed by atoms with Crippen molar-refractivity contribution in [3.05, 3.63) is 59.2 Å². The van der Waals surface area contributed by atoms with Gasteiger partial charge in [0.15, 0.2) is 11.8 Å². The standard InChI is InChI=1S/C21H28ClN7O.HI/c1-4-8-23-21(24-15-19-26-25-16(2)27(19)3)29-11-9-28(10-12-29)20(30)14-17-6-5-7-18(22)13-17;/h4-7,13H,1,8-12,14-15H2,2-3H3,(H,23,24);1H. The smallest absolute Gasteiger partial charge is 0.227 e. The molecule has 1 aromatic carbocycles. The highest BCUT2D eigenvalue weighted by atomic mass is 127. The lowest BCUT2D eigenvalue weighted by Gasteiger charge is -2.36. The van der Waals surface area contributed by atoms with Gasteiger partial charge < -0.3 is 19.7 Å². The van der Waals surface area contributed by atoms with Crippen LogP contribution < -0.4 is 5.32 Å². The fourth-order valence-corrected chi connectivity index (χ4v) is 3.48. The van der Waals surface area contributed by atoms with E-state index in [1.807, 2.05) is 47.7 Å². The van der Waals surface area contributed by atoms with E-state index in [1.54, 1.807) is 6.08 Å². The number of nitrogens with zero attached hydrogens (tertiary/aromatic N) is 6. The topological polar surface area (TPSA) is 78.7 Å². The van der Waals surface area contributed by atoms with Gasteiger partial charge in [-0.15, -0.1) is 40.8 Å². The zero-order valence-corrected chi connectivity index (χ0v) is 21.0. The lowest BCUT2D eigenvalue weighted by molar-refractivity contribution is -0.131. The summed E-state index contributed by atoms with van der Waals surface area (Å²) >= 11 is 6.03. The van der Waals surface area contributed by atoms with Crippen molar-refractivity contribution in [1.29, 1.82) is 0 Å². The summed E-state index contributed by atoms with van der Waals surface area (Å²) in [5.41, 5.74) is 0.934. The van der Waals surface area contributed by atoms with Gasteiger partial charge >= 0.3 is 0 Å². The Labute approximate surface area is 205 Å².